The average Bonchev–Trinajstić information content (AvgIpc) is 3.33. The number of piperidine rings is 2. The molecule has 1 spiro atoms. The Balaban J connectivity index is 1.41. The fourth-order valence-electron chi connectivity index (χ4n) is 7.65. The van der Waals surface area contributed by atoms with Crippen molar-refractivity contribution in [2.75, 3.05) is 31.5 Å². The van der Waals surface area contributed by atoms with Crippen molar-refractivity contribution >= 4 is 46.7 Å². The Labute approximate surface area is 280 Å². The molecule has 1 unspecified atom stereocenters. The fraction of sp³-hybridized carbons (Fsp3) is 0.417. The number of ether oxygens (including phenoxy) is 1. The van der Waals surface area contributed by atoms with Crippen LogP contribution in [0.5, 0.6) is 5.75 Å². The summed E-state index contributed by atoms with van der Waals surface area (Å²) in [5, 5.41) is 7.45. The van der Waals surface area contributed by atoms with Crippen molar-refractivity contribution in [1.82, 2.24) is 15.1 Å². The van der Waals surface area contributed by atoms with Gasteiger partial charge in [-0.05, 0) is 74.1 Å². The van der Waals surface area contributed by atoms with Crippen molar-refractivity contribution in [2.45, 2.75) is 57.1 Å². The van der Waals surface area contributed by atoms with Crippen LogP contribution in [0.15, 0.2) is 59.7 Å². The highest BCUT2D eigenvalue weighted by Gasteiger charge is 2.62. The number of carbonyl (C=O) groups is 3. The van der Waals surface area contributed by atoms with Gasteiger partial charge in [-0.15, -0.1) is 6.42 Å². The second kappa shape index (κ2) is 13.1. The first-order valence-electron chi connectivity index (χ1n) is 15.9. The van der Waals surface area contributed by atoms with Crippen molar-refractivity contribution in [1.29, 1.82) is 0 Å². The van der Waals surface area contributed by atoms with Gasteiger partial charge in [0.1, 0.15) is 17.3 Å². The molecule has 3 aliphatic heterocycles. The van der Waals surface area contributed by atoms with Gasteiger partial charge < -0.3 is 25.2 Å². The van der Waals surface area contributed by atoms with E-state index < -0.39 is 17.4 Å². The lowest BCUT2D eigenvalue weighted by Crippen LogP contribution is -2.59. The zero-order valence-corrected chi connectivity index (χ0v) is 27.5. The summed E-state index contributed by atoms with van der Waals surface area (Å²) in [5.74, 6) is 2.27. The van der Waals surface area contributed by atoms with Crippen molar-refractivity contribution in [3.63, 3.8) is 0 Å². The van der Waals surface area contributed by atoms with Crippen LogP contribution >= 0.6 is 23.2 Å². The summed E-state index contributed by atoms with van der Waals surface area (Å²) in [6.45, 7) is 6.43. The first-order chi connectivity index (χ1) is 22.2. The van der Waals surface area contributed by atoms with E-state index in [2.05, 4.69) is 16.6 Å². The molecule has 4 atom stereocenters. The summed E-state index contributed by atoms with van der Waals surface area (Å²) in [6, 6.07) is 10.1. The molecule has 10 heteroatoms. The predicted molar refractivity (Wildman–Crippen MR) is 180 cm³/mol. The molecule has 4 amide bonds. The summed E-state index contributed by atoms with van der Waals surface area (Å²) in [5.41, 5.74) is 1.41. The van der Waals surface area contributed by atoms with Gasteiger partial charge in [0, 0.05) is 72.3 Å². The smallest absolute Gasteiger partial charge is 0.319 e. The van der Waals surface area contributed by atoms with Crippen molar-refractivity contribution in [2.24, 2.45) is 11.8 Å². The molecule has 0 saturated carbocycles. The van der Waals surface area contributed by atoms with E-state index in [1.165, 1.54) is 0 Å². The molecule has 0 bridgehead atoms. The summed E-state index contributed by atoms with van der Waals surface area (Å²) in [4.78, 5) is 44.7. The number of fused-ring (bicyclic) bond motifs is 2. The SMILES string of the molecule is C#Cc1ccc(OC2CCN(C(=O)N(CC)CC)CC2)c([C@@H]2NC(=O)C[C@@H](C3C=CC=C(Cl)C3)[C@]23C(=O)Nc2cc(Cl)ccc23)c1. The second-order valence-electron chi connectivity index (χ2n) is 12.3. The third kappa shape index (κ3) is 5.65. The Hall–Kier alpha value is -3.93. The summed E-state index contributed by atoms with van der Waals surface area (Å²) in [7, 11) is 0. The Bertz CT molecular complexity index is 1650. The van der Waals surface area contributed by atoms with Gasteiger partial charge in [0.15, 0.2) is 0 Å². The lowest BCUT2D eigenvalue weighted by Gasteiger charge is -2.49. The third-order valence-corrected chi connectivity index (χ3v) is 10.4. The van der Waals surface area contributed by atoms with Crippen molar-refractivity contribution in [3.8, 4) is 18.1 Å². The zero-order valence-electron chi connectivity index (χ0n) is 26.0. The molecule has 4 aliphatic rings. The van der Waals surface area contributed by atoms with E-state index in [0.717, 1.165) is 5.56 Å². The quantitative estimate of drug-likeness (QED) is 0.351. The number of rotatable bonds is 6. The maximum absolute atomic E-state index is 14.5. The van der Waals surface area contributed by atoms with Crippen LogP contribution in [0, 0.1) is 24.2 Å². The third-order valence-electron chi connectivity index (χ3n) is 9.91. The number of urea groups is 1. The first kappa shape index (κ1) is 32.0. The van der Waals surface area contributed by atoms with Gasteiger partial charge in [0.05, 0.1) is 6.04 Å². The van der Waals surface area contributed by atoms with E-state index >= 15 is 0 Å². The molecule has 0 radical (unpaired) electrons. The van der Waals surface area contributed by atoms with Gasteiger partial charge in [-0.2, -0.15) is 0 Å². The van der Waals surface area contributed by atoms with Gasteiger partial charge >= 0.3 is 6.03 Å². The molecule has 2 fully saturated rings. The Morgan fingerprint density at radius 3 is 2.57 bits per heavy atom. The fourth-order valence-corrected chi connectivity index (χ4v) is 8.08. The topological polar surface area (TPSA) is 91.0 Å². The van der Waals surface area contributed by atoms with E-state index in [-0.39, 0.29) is 36.3 Å². The zero-order chi connectivity index (χ0) is 32.6. The molecule has 6 rings (SSSR count). The van der Waals surface area contributed by atoms with Crippen LogP contribution in [0.1, 0.15) is 62.3 Å². The molecule has 1 aliphatic carbocycles. The van der Waals surface area contributed by atoms with Crippen LogP contribution < -0.4 is 15.4 Å². The van der Waals surface area contributed by atoms with E-state index in [1.54, 1.807) is 12.1 Å². The maximum atomic E-state index is 14.5. The van der Waals surface area contributed by atoms with E-state index in [0.29, 0.717) is 78.1 Å². The summed E-state index contributed by atoms with van der Waals surface area (Å²) in [6.07, 6.45) is 13.4. The number of nitrogens with one attached hydrogen (secondary N) is 2. The first-order valence-corrected chi connectivity index (χ1v) is 16.7. The number of carbonyl (C=O) groups excluding carboxylic acids is 3. The van der Waals surface area contributed by atoms with E-state index in [4.69, 9.17) is 34.4 Å². The summed E-state index contributed by atoms with van der Waals surface area (Å²) >= 11 is 12.9. The summed E-state index contributed by atoms with van der Waals surface area (Å²) < 4.78 is 6.69. The Morgan fingerprint density at radius 2 is 1.87 bits per heavy atom. The van der Waals surface area contributed by atoms with Crippen molar-refractivity contribution in [3.05, 3.63) is 81.4 Å². The van der Waals surface area contributed by atoms with Crippen LogP contribution in [-0.2, 0) is 15.0 Å². The molecular formula is C36H38Cl2N4O4. The minimum Gasteiger partial charge on any atom is -0.490 e. The van der Waals surface area contributed by atoms with Crippen molar-refractivity contribution < 1.29 is 19.1 Å². The molecule has 2 aromatic carbocycles. The van der Waals surface area contributed by atoms with Gasteiger partial charge in [0.2, 0.25) is 11.8 Å². The molecule has 3 heterocycles. The van der Waals surface area contributed by atoms with Gasteiger partial charge in [0.25, 0.3) is 0 Å². The minimum atomic E-state index is -1.21. The monoisotopic (exact) mass is 660 g/mol. The number of anilines is 1. The van der Waals surface area contributed by atoms with Crippen LogP contribution in [0.2, 0.25) is 5.02 Å². The van der Waals surface area contributed by atoms with Gasteiger partial charge in [-0.1, -0.05) is 47.3 Å². The number of terminal acetylenes is 1. The predicted octanol–water partition coefficient (Wildman–Crippen LogP) is 6.39. The molecule has 46 heavy (non-hydrogen) atoms. The minimum absolute atomic E-state index is 0.0399. The average molecular weight is 662 g/mol. The van der Waals surface area contributed by atoms with E-state index in [1.807, 2.05) is 66.1 Å². The highest BCUT2D eigenvalue weighted by molar-refractivity contribution is 6.31. The number of halogens is 2. The number of amides is 4. The number of likely N-dealkylation sites (tertiary alicyclic amines) is 1. The number of benzene rings is 2. The van der Waals surface area contributed by atoms with Crippen LogP contribution in [0.4, 0.5) is 10.5 Å². The van der Waals surface area contributed by atoms with Crippen LogP contribution in [-0.4, -0.2) is 59.9 Å². The Morgan fingerprint density at radius 1 is 1.11 bits per heavy atom. The number of nitrogens with zero attached hydrogens (tertiary/aromatic N) is 2. The highest BCUT2D eigenvalue weighted by atomic mass is 35.5. The van der Waals surface area contributed by atoms with Crippen LogP contribution in [0.3, 0.4) is 0 Å². The normalized spacial score (nSPS) is 25.8. The highest BCUT2D eigenvalue weighted by Crippen LogP contribution is 2.58. The molecule has 0 aromatic heterocycles. The lowest BCUT2D eigenvalue weighted by molar-refractivity contribution is -0.135. The molecule has 2 saturated heterocycles. The van der Waals surface area contributed by atoms with Gasteiger partial charge in [-0.25, -0.2) is 4.79 Å². The molecule has 2 aromatic rings. The maximum Gasteiger partial charge on any atom is 0.319 e. The molecule has 240 valence electrons. The number of hydrogen-bond acceptors (Lipinski definition) is 4. The number of hydrogen-bond donors (Lipinski definition) is 2. The van der Waals surface area contributed by atoms with Gasteiger partial charge in [-0.3, -0.25) is 9.59 Å². The lowest BCUT2D eigenvalue weighted by atomic mass is 9.57. The number of allylic oxidation sites excluding steroid dienone is 4. The molecule has 8 nitrogen and oxygen atoms in total. The molecular weight excluding hydrogens is 623 g/mol. The van der Waals surface area contributed by atoms with Crippen LogP contribution in [0.25, 0.3) is 0 Å². The largest absolute Gasteiger partial charge is 0.490 e. The molecule has 2 N–H and O–H groups in total. The second-order valence-corrected chi connectivity index (χ2v) is 13.3. The Kier molecular flexibility index (Phi) is 9.09. The van der Waals surface area contributed by atoms with E-state index in [9.17, 15) is 14.4 Å². The standard InChI is InChI=1S/C36H38Cl2N4O4/c1-4-22-10-13-31(46-26-14-16-42(17-15-26)35(45)41(5-2)6-3)27(18-22)33-36(28-12-11-25(38)20-30(28)39-34(36)44)29(21-32(43)40-33)23-8-7-9-24(37)19-23/h1,7-13,18,20,23,26,29,33H,5-6,14-17,19,21H2,2-3H3,(H,39,44)(H,40,43)/t23?,29-,33-,36-/m0/s1.